The Morgan fingerprint density at radius 1 is 1.20 bits per heavy atom. The van der Waals surface area contributed by atoms with Crippen LogP contribution < -0.4 is 4.90 Å². The lowest BCUT2D eigenvalue weighted by Gasteiger charge is -2.15. The first kappa shape index (κ1) is 18.4. The predicted molar refractivity (Wildman–Crippen MR) is 115 cm³/mol. The van der Waals surface area contributed by atoms with Gasteiger partial charge in [-0.05, 0) is 54.3 Å². The third kappa shape index (κ3) is 4.40. The van der Waals surface area contributed by atoms with Gasteiger partial charge in [-0.15, -0.1) is 0 Å². The van der Waals surface area contributed by atoms with Crippen molar-refractivity contribution in [1.82, 2.24) is 0 Å². The molecular formula is C20H18BrNOS2. The van der Waals surface area contributed by atoms with E-state index in [9.17, 15) is 4.79 Å². The van der Waals surface area contributed by atoms with Crippen LogP contribution in [-0.4, -0.2) is 10.2 Å². The number of thiocarbonyl (C=S) groups is 1. The second-order valence-electron chi connectivity index (χ2n) is 5.84. The maximum absolute atomic E-state index is 12.8. The van der Waals surface area contributed by atoms with Gasteiger partial charge in [-0.3, -0.25) is 9.69 Å². The van der Waals surface area contributed by atoms with Gasteiger partial charge in [-0.25, -0.2) is 0 Å². The molecule has 0 aromatic heterocycles. The minimum Gasteiger partial charge on any atom is -0.268 e. The number of unbranched alkanes of at least 4 members (excludes halogenated alkanes) is 1. The highest BCUT2D eigenvalue weighted by atomic mass is 79.9. The van der Waals surface area contributed by atoms with E-state index in [0.717, 1.165) is 22.1 Å². The lowest BCUT2D eigenvalue weighted by molar-refractivity contribution is -0.113. The SMILES string of the molecule is CCCCc1ccc(N2C(=O)/C(=C/c3cccc(Br)c3)SC2=S)cc1. The molecule has 1 aliphatic heterocycles. The highest BCUT2D eigenvalue weighted by Crippen LogP contribution is 2.36. The highest BCUT2D eigenvalue weighted by Gasteiger charge is 2.33. The van der Waals surface area contributed by atoms with Crippen molar-refractivity contribution in [2.45, 2.75) is 26.2 Å². The number of benzene rings is 2. The average molecular weight is 432 g/mol. The molecule has 5 heteroatoms. The van der Waals surface area contributed by atoms with E-state index in [0.29, 0.717) is 9.23 Å². The third-order valence-electron chi connectivity index (χ3n) is 3.95. The molecule has 0 unspecified atom stereocenters. The Morgan fingerprint density at radius 3 is 2.64 bits per heavy atom. The first-order valence-electron chi connectivity index (χ1n) is 8.21. The standard InChI is InChI=1S/C20H18BrNOS2/c1-2-3-5-14-8-10-17(11-9-14)22-19(23)18(25-20(22)24)13-15-6-4-7-16(21)12-15/h4,6-13H,2-3,5H2,1H3/b18-13-. The summed E-state index contributed by atoms with van der Waals surface area (Å²) in [5.41, 5.74) is 3.10. The van der Waals surface area contributed by atoms with Gasteiger partial charge in [0.25, 0.3) is 5.91 Å². The summed E-state index contributed by atoms with van der Waals surface area (Å²) >= 11 is 10.2. The molecule has 2 nitrogen and oxygen atoms in total. The molecule has 0 saturated carbocycles. The summed E-state index contributed by atoms with van der Waals surface area (Å²) in [6.07, 6.45) is 5.31. The van der Waals surface area contributed by atoms with Gasteiger partial charge in [0.1, 0.15) is 0 Å². The average Bonchev–Trinajstić information content (AvgIpc) is 2.87. The quantitative estimate of drug-likeness (QED) is 0.415. The molecule has 0 bridgehead atoms. The van der Waals surface area contributed by atoms with Crippen LogP contribution in [0.15, 0.2) is 57.9 Å². The maximum atomic E-state index is 12.8. The van der Waals surface area contributed by atoms with Crippen LogP contribution in [0.25, 0.3) is 6.08 Å². The largest absolute Gasteiger partial charge is 0.270 e. The van der Waals surface area contributed by atoms with Crippen LogP contribution in [0.4, 0.5) is 5.69 Å². The van der Waals surface area contributed by atoms with Crippen molar-refractivity contribution in [3.05, 3.63) is 69.0 Å². The van der Waals surface area contributed by atoms with Crippen molar-refractivity contribution < 1.29 is 4.79 Å². The molecule has 0 atom stereocenters. The predicted octanol–water partition coefficient (Wildman–Crippen LogP) is 6.20. The Balaban J connectivity index is 1.81. The van der Waals surface area contributed by atoms with Crippen molar-refractivity contribution in [3.63, 3.8) is 0 Å². The fraction of sp³-hybridized carbons (Fsp3) is 0.200. The number of hydrogen-bond donors (Lipinski definition) is 0. The summed E-state index contributed by atoms with van der Waals surface area (Å²) in [6, 6.07) is 16.0. The number of nitrogens with zero attached hydrogens (tertiary/aromatic N) is 1. The fourth-order valence-electron chi connectivity index (χ4n) is 2.63. The number of carbonyl (C=O) groups excluding carboxylic acids is 1. The zero-order valence-electron chi connectivity index (χ0n) is 13.9. The molecule has 1 aliphatic rings. The molecular weight excluding hydrogens is 414 g/mol. The van der Waals surface area contributed by atoms with E-state index in [1.807, 2.05) is 42.5 Å². The van der Waals surface area contributed by atoms with Crippen molar-refractivity contribution in [3.8, 4) is 0 Å². The van der Waals surface area contributed by atoms with Crippen LogP contribution in [0.2, 0.25) is 0 Å². The summed E-state index contributed by atoms with van der Waals surface area (Å²) in [7, 11) is 0. The lowest BCUT2D eigenvalue weighted by Crippen LogP contribution is -2.27. The molecule has 0 N–H and O–H groups in total. The van der Waals surface area contributed by atoms with Crippen molar-refractivity contribution >= 4 is 61.9 Å². The lowest BCUT2D eigenvalue weighted by atomic mass is 10.1. The number of thioether (sulfide) groups is 1. The Labute approximate surface area is 166 Å². The Hall–Kier alpha value is -1.43. The van der Waals surface area contributed by atoms with Crippen LogP contribution in [-0.2, 0) is 11.2 Å². The molecule has 0 radical (unpaired) electrons. The zero-order valence-corrected chi connectivity index (χ0v) is 17.1. The topological polar surface area (TPSA) is 20.3 Å². The molecule has 1 fully saturated rings. The number of amides is 1. The molecule has 25 heavy (non-hydrogen) atoms. The van der Waals surface area contributed by atoms with Crippen LogP contribution >= 0.6 is 39.9 Å². The number of aryl methyl sites for hydroxylation is 1. The zero-order chi connectivity index (χ0) is 17.8. The van der Waals surface area contributed by atoms with E-state index in [2.05, 4.69) is 35.0 Å². The van der Waals surface area contributed by atoms with E-state index in [-0.39, 0.29) is 5.91 Å². The van der Waals surface area contributed by atoms with E-state index in [1.165, 1.54) is 30.2 Å². The van der Waals surface area contributed by atoms with Gasteiger partial charge in [-0.2, -0.15) is 0 Å². The molecule has 2 aromatic carbocycles. The minimum absolute atomic E-state index is 0.0590. The van der Waals surface area contributed by atoms with Gasteiger partial charge in [0, 0.05) is 4.47 Å². The van der Waals surface area contributed by atoms with Crippen LogP contribution in [0.3, 0.4) is 0 Å². The number of carbonyl (C=O) groups is 1. The number of rotatable bonds is 5. The first-order chi connectivity index (χ1) is 12.1. The highest BCUT2D eigenvalue weighted by molar-refractivity contribution is 9.10. The Kier molecular flexibility index (Phi) is 6.10. The molecule has 2 aromatic rings. The van der Waals surface area contributed by atoms with E-state index < -0.39 is 0 Å². The van der Waals surface area contributed by atoms with Gasteiger partial charge in [-0.1, -0.05) is 77.5 Å². The smallest absolute Gasteiger partial charge is 0.268 e. The summed E-state index contributed by atoms with van der Waals surface area (Å²) in [6.45, 7) is 2.19. The molecule has 0 aliphatic carbocycles. The molecule has 3 rings (SSSR count). The summed E-state index contributed by atoms with van der Waals surface area (Å²) in [4.78, 5) is 15.1. The van der Waals surface area contributed by atoms with Crippen molar-refractivity contribution in [2.75, 3.05) is 4.90 Å². The monoisotopic (exact) mass is 431 g/mol. The third-order valence-corrected chi connectivity index (χ3v) is 5.75. The van der Waals surface area contributed by atoms with Crippen LogP contribution in [0.5, 0.6) is 0 Å². The van der Waals surface area contributed by atoms with E-state index >= 15 is 0 Å². The number of halogens is 1. The summed E-state index contributed by atoms with van der Waals surface area (Å²) in [5, 5.41) is 0. The normalized spacial score (nSPS) is 16.1. The van der Waals surface area contributed by atoms with Crippen LogP contribution in [0.1, 0.15) is 30.9 Å². The van der Waals surface area contributed by atoms with Gasteiger partial charge in [0.15, 0.2) is 4.32 Å². The van der Waals surface area contributed by atoms with Gasteiger partial charge < -0.3 is 0 Å². The van der Waals surface area contributed by atoms with E-state index in [1.54, 1.807) is 4.90 Å². The summed E-state index contributed by atoms with van der Waals surface area (Å²) in [5.74, 6) is -0.0590. The van der Waals surface area contributed by atoms with Gasteiger partial charge in [0.05, 0.1) is 10.6 Å². The summed E-state index contributed by atoms with van der Waals surface area (Å²) < 4.78 is 1.56. The minimum atomic E-state index is -0.0590. The first-order valence-corrected chi connectivity index (χ1v) is 10.2. The van der Waals surface area contributed by atoms with Crippen molar-refractivity contribution in [1.29, 1.82) is 0 Å². The van der Waals surface area contributed by atoms with Gasteiger partial charge >= 0.3 is 0 Å². The fourth-order valence-corrected chi connectivity index (χ4v) is 4.35. The van der Waals surface area contributed by atoms with Crippen LogP contribution in [0, 0.1) is 0 Å². The molecule has 1 heterocycles. The van der Waals surface area contributed by atoms with Gasteiger partial charge in [0.2, 0.25) is 0 Å². The molecule has 1 amide bonds. The van der Waals surface area contributed by atoms with Crippen molar-refractivity contribution in [2.24, 2.45) is 0 Å². The molecule has 0 spiro atoms. The molecule has 1 saturated heterocycles. The van der Waals surface area contributed by atoms with E-state index in [4.69, 9.17) is 12.2 Å². The second-order valence-corrected chi connectivity index (χ2v) is 8.43. The Bertz CT molecular complexity index is 830. The molecule has 128 valence electrons. The maximum Gasteiger partial charge on any atom is 0.270 e. The Morgan fingerprint density at radius 2 is 1.96 bits per heavy atom. The number of hydrogen-bond acceptors (Lipinski definition) is 3. The number of anilines is 1. The second kappa shape index (κ2) is 8.30.